The van der Waals surface area contributed by atoms with E-state index in [2.05, 4.69) is 27.5 Å². The predicted molar refractivity (Wildman–Crippen MR) is 166 cm³/mol. The van der Waals surface area contributed by atoms with Crippen LogP contribution < -0.4 is 5.32 Å². The number of rotatable bonds is 6. The first-order chi connectivity index (χ1) is 20.7. The van der Waals surface area contributed by atoms with Gasteiger partial charge in [0.25, 0.3) is 5.91 Å². The number of hydrogen-bond acceptors (Lipinski definition) is 4. The van der Waals surface area contributed by atoms with E-state index in [1.54, 1.807) is 11.0 Å². The van der Waals surface area contributed by atoms with E-state index in [9.17, 15) is 14.0 Å². The number of nitrogens with zero attached hydrogens (tertiary/aromatic N) is 4. The van der Waals surface area contributed by atoms with Crippen molar-refractivity contribution in [3.05, 3.63) is 59.8 Å². The van der Waals surface area contributed by atoms with Crippen molar-refractivity contribution >= 4 is 22.7 Å². The van der Waals surface area contributed by atoms with E-state index in [1.165, 1.54) is 43.4 Å². The first-order valence-corrected chi connectivity index (χ1v) is 16.4. The summed E-state index contributed by atoms with van der Waals surface area (Å²) in [5.41, 5.74) is 3.15. The monoisotopic (exact) mass is 585 g/mol. The lowest BCUT2D eigenvalue weighted by molar-refractivity contribution is -0.142. The van der Waals surface area contributed by atoms with Gasteiger partial charge in [-0.15, -0.1) is 0 Å². The fraction of sp³-hybridized carbons (Fsp3) is 0.571. The molecule has 8 heteroatoms. The normalized spacial score (nSPS) is 28.3. The van der Waals surface area contributed by atoms with Gasteiger partial charge < -0.3 is 19.7 Å². The van der Waals surface area contributed by atoms with E-state index < -0.39 is 5.82 Å². The summed E-state index contributed by atoms with van der Waals surface area (Å²) in [6, 6.07) is 7.54. The van der Waals surface area contributed by atoms with Crippen molar-refractivity contribution in [3.8, 4) is 5.69 Å². The van der Waals surface area contributed by atoms with Gasteiger partial charge in [-0.3, -0.25) is 14.6 Å². The quantitative estimate of drug-likeness (QED) is 0.375. The molecule has 8 rings (SSSR count). The number of aromatic nitrogens is 2. The molecule has 4 bridgehead atoms. The van der Waals surface area contributed by atoms with Crippen LogP contribution in [-0.2, 0) is 4.79 Å². The molecule has 7 nitrogen and oxygen atoms in total. The Balaban J connectivity index is 1.22. The minimum Gasteiger partial charge on any atom is -0.335 e. The topological polar surface area (TPSA) is 70.5 Å². The first kappa shape index (κ1) is 28.5. The summed E-state index contributed by atoms with van der Waals surface area (Å²) in [4.78, 5) is 36.3. The van der Waals surface area contributed by atoms with E-state index in [0.717, 1.165) is 36.6 Å². The molecule has 5 fully saturated rings. The molecular weight excluding hydrogens is 541 g/mol. The molecule has 0 radical (unpaired) electrons. The number of halogens is 1. The summed E-state index contributed by atoms with van der Waals surface area (Å²) in [5, 5.41) is 4.80. The number of amides is 2. The lowest BCUT2D eigenvalue weighted by atomic mass is 9.75. The molecule has 1 aromatic carbocycles. The standard InChI is InChI=1S/C35H44FN5O2/c1-20(2)40(21(3)4)34(42)29-17-24(36)7-12-31(29)39-19-30(28-13-14-37-18-32(28)39)23-15-26-10-11-27(16-23)41(26)35(43)33-22-5-8-25(38-33)9-6-22/h7,12-14,17-23,25-27,33,38H,5-6,8-11,15-16H2,1-4H3/t22?,23?,25?,26?,27?,33-/m0/s1. The van der Waals surface area contributed by atoms with Gasteiger partial charge in [0.05, 0.1) is 29.0 Å². The fourth-order valence-corrected chi connectivity index (χ4v) is 8.95. The molecule has 2 amide bonds. The lowest BCUT2D eigenvalue weighted by Crippen LogP contribution is -2.61. The molecule has 6 heterocycles. The number of benzene rings is 1. The van der Waals surface area contributed by atoms with Crippen molar-refractivity contribution < 1.29 is 14.0 Å². The minimum absolute atomic E-state index is 0.00850. The van der Waals surface area contributed by atoms with E-state index in [0.29, 0.717) is 35.0 Å². The smallest absolute Gasteiger partial charge is 0.256 e. The molecule has 2 aromatic heterocycles. The molecule has 1 saturated carbocycles. The Hall–Kier alpha value is -3.26. The molecule has 5 aliphatic rings. The third-order valence-electron chi connectivity index (χ3n) is 10.8. The van der Waals surface area contributed by atoms with E-state index >= 15 is 0 Å². The maximum absolute atomic E-state index is 14.6. The highest BCUT2D eigenvalue weighted by atomic mass is 19.1. The van der Waals surface area contributed by atoms with Gasteiger partial charge in [0.15, 0.2) is 0 Å². The van der Waals surface area contributed by atoms with Crippen molar-refractivity contribution in [2.24, 2.45) is 5.92 Å². The van der Waals surface area contributed by atoms with Gasteiger partial charge in [0.2, 0.25) is 5.91 Å². The molecule has 1 N–H and O–H groups in total. The van der Waals surface area contributed by atoms with Gasteiger partial charge >= 0.3 is 0 Å². The van der Waals surface area contributed by atoms with Gasteiger partial charge in [-0.05, 0) is 121 Å². The van der Waals surface area contributed by atoms with Gasteiger partial charge in [-0.2, -0.15) is 0 Å². The number of hydrogen-bond donors (Lipinski definition) is 1. The highest BCUT2D eigenvalue weighted by Gasteiger charge is 2.49. The average Bonchev–Trinajstić information content (AvgIpc) is 3.51. The van der Waals surface area contributed by atoms with Crippen LogP contribution >= 0.6 is 0 Å². The predicted octanol–water partition coefficient (Wildman–Crippen LogP) is 6.19. The molecule has 3 atom stereocenters. The SMILES string of the molecule is CC(C)N(C(=O)c1cc(F)ccc1-n1cc(C2CC3CCC(C2)N3C(=O)[C@H]2NC3CCC2CC3)c2ccncc21)C(C)C. The largest absolute Gasteiger partial charge is 0.335 e. The van der Waals surface area contributed by atoms with Crippen LogP contribution in [0.3, 0.4) is 0 Å². The highest BCUT2D eigenvalue weighted by Crippen LogP contribution is 2.47. The average molecular weight is 586 g/mol. The molecule has 3 aromatic rings. The number of carbonyl (C=O) groups is 2. The second-order valence-electron chi connectivity index (χ2n) is 14.0. The molecule has 4 saturated heterocycles. The van der Waals surface area contributed by atoms with E-state index in [1.807, 2.05) is 44.7 Å². The van der Waals surface area contributed by atoms with Crippen LogP contribution in [0.15, 0.2) is 42.9 Å². The van der Waals surface area contributed by atoms with Crippen LogP contribution in [0.4, 0.5) is 4.39 Å². The van der Waals surface area contributed by atoms with Crippen LogP contribution in [0.2, 0.25) is 0 Å². The molecule has 0 spiro atoms. The van der Waals surface area contributed by atoms with Crippen LogP contribution in [0, 0.1) is 11.7 Å². The molecule has 43 heavy (non-hydrogen) atoms. The van der Waals surface area contributed by atoms with Crippen molar-refractivity contribution in [2.45, 2.75) is 121 Å². The van der Waals surface area contributed by atoms with Crippen LogP contribution in [0.1, 0.15) is 101 Å². The second-order valence-corrected chi connectivity index (χ2v) is 14.0. The first-order valence-electron chi connectivity index (χ1n) is 16.4. The Morgan fingerprint density at radius 1 is 0.977 bits per heavy atom. The minimum atomic E-state index is -0.427. The zero-order chi connectivity index (χ0) is 30.0. The van der Waals surface area contributed by atoms with Crippen LogP contribution in [-0.4, -0.2) is 67.4 Å². The second kappa shape index (κ2) is 11.0. The Morgan fingerprint density at radius 3 is 2.30 bits per heavy atom. The highest BCUT2D eigenvalue weighted by molar-refractivity contribution is 5.99. The molecule has 1 aliphatic carbocycles. The van der Waals surface area contributed by atoms with Crippen LogP contribution in [0.25, 0.3) is 16.6 Å². The maximum Gasteiger partial charge on any atom is 0.256 e. The van der Waals surface area contributed by atoms with Gasteiger partial charge in [0, 0.05) is 48.0 Å². The van der Waals surface area contributed by atoms with Gasteiger partial charge in [0.1, 0.15) is 5.82 Å². The molecule has 2 unspecified atom stereocenters. The Kier molecular flexibility index (Phi) is 7.31. The van der Waals surface area contributed by atoms with Gasteiger partial charge in [-0.25, -0.2) is 4.39 Å². The van der Waals surface area contributed by atoms with E-state index in [4.69, 9.17) is 0 Å². The summed E-state index contributed by atoms with van der Waals surface area (Å²) in [7, 11) is 0. The van der Waals surface area contributed by atoms with Crippen molar-refractivity contribution in [1.82, 2.24) is 24.7 Å². The Labute approximate surface area is 253 Å². The number of fused-ring (bicyclic) bond motifs is 6. The summed E-state index contributed by atoms with van der Waals surface area (Å²) in [5.74, 6) is 0.507. The fourth-order valence-electron chi connectivity index (χ4n) is 8.95. The zero-order valence-electron chi connectivity index (χ0n) is 25.8. The number of nitrogens with one attached hydrogen (secondary N) is 1. The number of carbonyl (C=O) groups excluding carboxylic acids is 2. The Bertz CT molecular complexity index is 1520. The third-order valence-corrected chi connectivity index (χ3v) is 10.8. The summed E-state index contributed by atoms with van der Waals surface area (Å²) >= 11 is 0. The maximum atomic E-state index is 14.6. The lowest BCUT2D eigenvalue weighted by Gasteiger charge is -2.47. The van der Waals surface area contributed by atoms with Gasteiger partial charge in [-0.1, -0.05) is 0 Å². The summed E-state index contributed by atoms with van der Waals surface area (Å²) in [6.07, 6.45) is 14.6. The molecule has 4 aliphatic heterocycles. The van der Waals surface area contributed by atoms with Crippen molar-refractivity contribution in [3.63, 3.8) is 0 Å². The zero-order valence-corrected chi connectivity index (χ0v) is 25.8. The van der Waals surface area contributed by atoms with Crippen molar-refractivity contribution in [1.29, 1.82) is 0 Å². The number of pyridine rings is 1. The molecule has 228 valence electrons. The number of piperidine rings is 3. The third kappa shape index (κ3) is 4.86. The molecular formula is C35H44FN5O2. The van der Waals surface area contributed by atoms with Crippen molar-refractivity contribution in [2.75, 3.05) is 0 Å². The Morgan fingerprint density at radius 2 is 1.67 bits per heavy atom. The van der Waals surface area contributed by atoms with Crippen LogP contribution in [0.5, 0.6) is 0 Å². The summed E-state index contributed by atoms with van der Waals surface area (Å²) < 4.78 is 16.7. The van der Waals surface area contributed by atoms with E-state index in [-0.39, 0.29) is 36.1 Å². The summed E-state index contributed by atoms with van der Waals surface area (Å²) in [6.45, 7) is 7.96.